The van der Waals surface area contributed by atoms with Crippen molar-refractivity contribution in [3.63, 3.8) is 0 Å². The fraction of sp³-hybridized carbons (Fsp3) is 0.727. The molecule has 1 saturated heterocycles. The summed E-state index contributed by atoms with van der Waals surface area (Å²) in [6.07, 6.45) is 2.91. The average molecular weight is 237 g/mol. The number of hydrogen-bond donors (Lipinski definition) is 1. The highest BCUT2D eigenvalue weighted by molar-refractivity contribution is 5.80. The minimum atomic E-state index is -0.895. The molecule has 1 N–H and O–H groups in total. The molecular weight excluding hydrogens is 222 g/mol. The van der Waals surface area contributed by atoms with E-state index in [2.05, 4.69) is 10.2 Å². The maximum atomic E-state index is 11.6. The summed E-state index contributed by atoms with van der Waals surface area (Å²) >= 11 is 0. The van der Waals surface area contributed by atoms with Gasteiger partial charge in [0.15, 0.2) is 5.82 Å². The number of hydrogen-bond acceptors (Lipinski definition) is 4. The number of fused-ring (bicyclic) bond motifs is 1. The molecule has 92 valence electrons. The first-order valence-corrected chi connectivity index (χ1v) is 5.98. The van der Waals surface area contributed by atoms with Gasteiger partial charge in [-0.25, -0.2) is 0 Å². The molecule has 1 aromatic rings. The summed E-state index contributed by atoms with van der Waals surface area (Å²) in [5, 5.41) is 17.8. The van der Waals surface area contributed by atoms with Crippen molar-refractivity contribution in [1.82, 2.24) is 14.8 Å². The Bertz CT molecular complexity index is 449. The minimum absolute atomic E-state index is 0.481. The van der Waals surface area contributed by atoms with Crippen molar-refractivity contribution >= 4 is 5.97 Å². The van der Waals surface area contributed by atoms with E-state index in [-0.39, 0.29) is 0 Å². The molecule has 2 aliphatic rings. The maximum Gasteiger partial charge on any atom is 0.317 e. The van der Waals surface area contributed by atoms with E-state index >= 15 is 0 Å². The Balaban J connectivity index is 2.06. The smallest absolute Gasteiger partial charge is 0.317 e. The lowest BCUT2D eigenvalue weighted by atomic mass is 9.79. The standard InChI is InChI=1S/C11H15N3O3/c15-10(16)11(3-6-17-7-4-11)9-13-12-8-2-1-5-14(8)9/h1-7H2,(H,15,16). The first kappa shape index (κ1) is 10.7. The molecule has 17 heavy (non-hydrogen) atoms. The van der Waals surface area contributed by atoms with E-state index in [1.165, 1.54) is 0 Å². The lowest BCUT2D eigenvalue weighted by Gasteiger charge is -2.32. The highest BCUT2D eigenvalue weighted by Gasteiger charge is 2.46. The monoisotopic (exact) mass is 237 g/mol. The third kappa shape index (κ3) is 1.47. The van der Waals surface area contributed by atoms with Gasteiger partial charge in [0.1, 0.15) is 11.2 Å². The van der Waals surface area contributed by atoms with Gasteiger partial charge in [0, 0.05) is 26.2 Å². The van der Waals surface area contributed by atoms with Crippen molar-refractivity contribution in [3.05, 3.63) is 11.6 Å². The molecule has 0 aromatic carbocycles. The maximum absolute atomic E-state index is 11.6. The van der Waals surface area contributed by atoms with Crippen LogP contribution in [0.3, 0.4) is 0 Å². The van der Waals surface area contributed by atoms with Crippen molar-refractivity contribution in [2.45, 2.75) is 37.6 Å². The highest BCUT2D eigenvalue weighted by atomic mass is 16.5. The van der Waals surface area contributed by atoms with Gasteiger partial charge in [-0.1, -0.05) is 0 Å². The molecule has 0 unspecified atom stereocenters. The Kier molecular flexibility index (Phi) is 2.39. The first-order chi connectivity index (χ1) is 8.24. The van der Waals surface area contributed by atoms with Crippen molar-refractivity contribution in [1.29, 1.82) is 0 Å². The SMILES string of the molecule is O=C(O)C1(c2nnc3n2CCC3)CCOCC1. The van der Waals surface area contributed by atoms with Crippen LogP contribution in [0.25, 0.3) is 0 Å². The van der Waals surface area contributed by atoms with E-state index in [1.54, 1.807) is 0 Å². The van der Waals surface area contributed by atoms with E-state index in [0.717, 1.165) is 25.2 Å². The molecule has 0 aliphatic carbocycles. The third-order valence-corrected chi connectivity index (χ3v) is 3.79. The van der Waals surface area contributed by atoms with E-state index in [0.29, 0.717) is 31.9 Å². The second-order valence-corrected chi connectivity index (χ2v) is 4.69. The Labute approximate surface area is 98.6 Å². The van der Waals surface area contributed by atoms with Crippen molar-refractivity contribution in [2.24, 2.45) is 0 Å². The molecule has 3 rings (SSSR count). The lowest BCUT2D eigenvalue weighted by molar-refractivity contribution is -0.148. The molecule has 1 aromatic heterocycles. The normalized spacial score (nSPS) is 22.4. The Hall–Kier alpha value is -1.43. The second kappa shape index (κ2) is 3.80. The molecule has 6 nitrogen and oxygen atoms in total. The third-order valence-electron chi connectivity index (χ3n) is 3.79. The van der Waals surface area contributed by atoms with Gasteiger partial charge in [0.05, 0.1) is 0 Å². The first-order valence-electron chi connectivity index (χ1n) is 5.98. The summed E-state index contributed by atoms with van der Waals surface area (Å²) in [7, 11) is 0. The lowest BCUT2D eigenvalue weighted by Crippen LogP contribution is -2.43. The summed E-state index contributed by atoms with van der Waals surface area (Å²) < 4.78 is 7.26. The topological polar surface area (TPSA) is 77.2 Å². The quantitative estimate of drug-likeness (QED) is 0.803. The predicted octanol–water partition coefficient (Wildman–Crippen LogP) is 0.357. The zero-order valence-corrected chi connectivity index (χ0v) is 9.56. The summed E-state index contributed by atoms with van der Waals surface area (Å²) in [6.45, 7) is 1.80. The fourth-order valence-corrected chi connectivity index (χ4v) is 2.76. The van der Waals surface area contributed by atoms with Crippen molar-refractivity contribution < 1.29 is 14.6 Å². The number of nitrogens with zero attached hydrogens (tertiary/aromatic N) is 3. The van der Waals surface area contributed by atoms with Crippen LogP contribution >= 0.6 is 0 Å². The van der Waals surface area contributed by atoms with Crippen LogP contribution in [0.1, 0.15) is 30.9 Å². The molecule has 6 heteroatoms. The van der Waals surface area contributed by atoms with E-state index in [4.69, 9.17) is 4.74 Å². The fourth-order valence-electron chi connectivity index (χ4n) is 2.76. The minimum Gasteiger partial charge on any atom is -0.480 e. The molecular formula is C11H15N3O3. The van der Waals surface area contributed by atoms with Gasteiger partial charge in [0.25, 0.3) is 0 Å². The largest absolute Gasteiger partial charge is 0.480 e. The average Bonchev–Trinajstić information content (AvgIpc) is 2.91. The molecule has 0 atom stereocenters. The van der Waals surface area contributed by atoms with Crippen LogP contribution in [-0.2, 0) is 27.9 Å². The molecule has 2 aliphatic heterocycles. The van der Waals surface area contributed by atoms with Crippen LogP contribution in [-0.4, -0.2) is 39.1 Å². The highest BCUT2D eigenvalue weighted by Crippen LogP contribution is 2.35. The number of aromatic nitrogens is 3. The van der Waals surface area contributed by atoms with Gasteiger partial charge in [-0.15, -0.1) is 10.2 Å². The molecule has 0 saturated carbocycles. The van der Waals surface area contributed by atoms with Crippen molar-refractivity contribution in [2.75, 3.05) is 13.2 Å². The van der Waals surface area contributed by atoms with Crippen LogP contribution < -0.4 is 0 Å². The summed E-state index contributed by atoms with van der Waals surface area (Å²) in [4.78, 5) is 11.6. The number of aryl methyl sites for hydroxylation is 1. The van der Waals surface area contributed by atoms with Crippen LogP contribution in [0.4, 0.5) is 0 Å². The van der Waals surface area contributed by atoms with Gasteiger partial charge in [0.2, 0.25) is 0 Å². The molecule has 0 radical (unpaired) electrons. The summed E-state index contributed by atoms with van der Waals surface area (Å²) in [5.74, 6) is 0.746. The van der Waals surface area contributed by atoms with Crippen molar-refractivity contribution in [3.8, 4) is 0 Å². The molecule has 1 fully saturated rings. The van der Waals surface area contributed by atoms with E-state index in [9.17, 15) is 9.90 Å². The van der Waals surface area contributed by atoms with Gasteiger partial charge in [-0.3, -0.25) is 4.79 Å². The van der Waals surface area contributed by atoms with E-state index < -0.39 is 11.4 Å². The van der Waals surface area contributed by atoms with Crippen LogP contribution in [0.15, 0.2) is 0 Å². The van der Waals surface area contributed by atoms with Crippen LogP contribution in [0, 0.1) is 0 Å². The molecule has 3 heterocycles. The molecule has 0 amide bonds. The van der Waals surface area contributed by atoms with E-state index in [1.807, 2.05) is 4.57 Å². The van der Waals surface area contributed by atoms with Crippen LogP contribution in [0.2, 0.25) is 0 Å². The number of rotatable bonds is 2. The second-order valence-electron chi connectivity index (χ2n) is 4.69. The summed E-state index contributed by atoms with van der Waals surface area (Å²) in [5.41, 5.74) is -0.895. The summed E-state index contributed by atoms with van der Waals surface area (Å²) in [6, 6.07) is 0. The van der Waals surface area contributed by atoms with Gasteiger partial charge < -0.3 is 14.4 Å². The predicted molar refractivity (Wildman–Crippen MR) is 57.7 cm³/mol. The Morgan fingerprint density at radius 1 is 1.35 bits per heavy atom. The molecule has 0 spiro atoms. The number of aliphatic carboxylic acids is 1. The van der Waals surface area contributed by atoms with Crippen LogP contribution in [0.5, 0.6) is 0 Å². The molecule has 0 bridgehead atoms. The number of carboxylic acid groups (broad SMARTS) is 1. The Morgan fingerprint density at radius 3 is 2.82 bits per heavy atom. The Morgan fingerprint density at radius 2 is 2.12 bits per heavy atom. The zero-order chi connectivity index (χ0) is 11.9. The number of ether oxygens (including phenoxy) is 1. The van der Waals surface area contributed by atoms with Gasteiger partial charge in [-0.2, -0.15) is 0 Å². The number of carbonyl (C=O) groups is 1. The number of carboxylic acids is 1. The van der Waals surface area contributed by atoms with Gasteiger partial charge in [-0.05, 0) is 19.3 Å². The van der Waals surface area contributed by atoms with Gasteiger partial charge >= 0.3 is 5.97 Å². The zero-order valence-electron chi connectivity index (χ0n) is 9.56.